The van der Waals surface area contributed by atoms with Crippen molar-refractivity contribution in [2.24, 2.45) is 0 Å². The molecular formula is C16H18NNaO3S. The number of carboxylic acids is 1. The first-order valence-electron chi connectivity index (χ1n) is 6.19. The summed E-state index contributed by atoms with van der Waals surface area (Å²) >= 11 is 5.46. The van der Waals surface area contributed by atoms with Gasteiger partial charge in [-0.05, 0) is 18.1 Å². The molecule has 5 N–H and O–H groups in total. The molecule has 112 valence electrons. The smallest absolute Gasteiger partial charge is 1.00 e. The van der Waals surface area contributed by atoms with Crippen LogP contribution in [0.4, 0.5) is 5.69 Å². The van der Waals surface area contributed by atoms with Crippen LogP contribution in [0.1, 0.15) is 23.7 Å². The summed E-state index contributed by atoms with van der Waals surface area (Å²) in [7, 11) is 0. The van der Waals surface area contributed by atoms with E-state index in [4.69, 9.17) is 23.1 Å². The summed E-state index contributed by atoms with van der Waals surface area (Å²) in [6.45, 7) is 2.01. The maximum absolute atomic E-state index is 10.8. The van der Waals surface area contributed by atoms with E-state index in [-0.39, 0.29) is 42.9 Å². The van der Waals surface area contributed by atoms with E-state index in [9.17, 15) is 4.79 Å². The van der Waals surface area contributed by atoms with Crippen LogP contribution < -0.4 is 35.3 Å². The monoisotopic (exact) mass is 327 g/mol. The van der Waals surface area contributed by atoms with Crippen LogP contribution in [-0.4, -0.2) is 21.4 Å². The van der Waals surface area contributed by atoms with Gasteiger partial charge in [-0.2, -0.15) is 0 Å². The number of para-hydroxylation sites is 1. The Morgan fingerprint density at radius 2 is 1.82 bits per heavy atom. The standard InChI is InChI=1S/C16H15NO2S.Na.H2O.H/c1-10-5-7-11(8-6-10)16(20)13-4-2-3-12(15(13)17)9-14(18)19;;;/h2-8H,9,17H2,1H3,(H,18,19);;1H2;/q;+1;;-1. The molecular weight excluding hydrogens is 309 g/mol. The molecule has 0 bridgehead atoms. The molecule has 0 aromatic heterocycles. The van der Waals surface area contributed by atoms with Crippen molar-refractivity contribution in [3.63, 3.8) is 0 Å². The van der Waals surface area contributed by atoms with E-state index in [1.54, 1.807) is 12.1 Å². The second-order valence-corrected chi connectivity index (χ2v) is 5.05. The van der Waals surface area contributed by atoms with Crippen LogP contribution in [0.5, 0.6) is 0 Å². The zero-order chi connectivity index (χ0) is 14.7. The molecule has 2 aromatic rings. The predicted molar refractivity (Wildman–Crippen MR) is 88.9 cm³/mol. The molecule has 0 atom stereocenters. The number of nitrogen functional groups attached to an aromatic ring is 1. The van der Waals surface area contributed by atoms with Crippen LogP contribution in [-0.2, 0) is 11.2 Å². The van der Waals surface area contributed by atoms with Crippen LogP contribution in [0.15, 0.2) is 42.5 Å². The van der Waals surface area contributed by atoms with Gasteiger partial charge in [0.05, 0.1) is 11.3 Å². The molecule has 0 aliphatic heterocycles. The normalized spacial score (nSPS) is 9.32. The van der Waals surface area contributed by atoms with Crippen LogP contribution in [0.2, 0.25) is 0 Å². The average molecular weight is 327 g/mol. The fraction of sp³-hybridized carbons (Fsp3) is 0.125. The molecule has 2 rings (SSSR count). The molecule has 0 fully saturated rings. The van der Waals surface area contributed by atoms with Gasteiger partial charge in [0.15, 0.2) is 0 Å². The topological polar surface area (TPSA) is 94.8 Å². The van der Waals surface area contributed by atoms with Crippen LogP contribution >= 0.6 is 12.2 Å². The van der Waals surface area contributed by atoms with Crippen molar-refractivity contribution in [3.05, 3.63) is 64.7 Å². The Morgan fingerprint density at radius 1 is 1.23 bits per heavy atom. The quantitative estimate of drug-likeness (QED) is 0.335. The summed E-state index contributed by atoms with van der Waals surface area (Å²) in [6.07, 6.45) is -0.101. The van der Waals surface area contributed by atoms with Crippen molar-refractivity contribution in [1.82, 2.24) is 0 Å². The van der Waals surface area contributed by atoms with E-state index in [0.29, 0.717) is 21.7 Å². The summed E-state index contributed by atoms with van der Waals surface area (Å²) in [6, 6.07) is 13.2. The second-order valence-electron chi connectivity index (χ2n) is 4.64. The molecule has 0 aliphatic rings. The van der Waals surface area contributed by atoms with Gasteiger partial charge in [0.2, 0.25) is 0 Å². The van der Waals surface area contributed by atoms with Crippen molar-refractivity contribution < 1.29 is 46.4 Å². The Kier molecular flexibility index (Phi) is 8.52. The van der Waals surface area contributed by atoms with Crippen molar-refractivity contribution in [2.45, 2.75) is 13.3 Å². The third kappa shape index (κ3) is 4.90. The third-order valence-corrected chi connectivity index (χ3v) is 3.55. The Bertz CT molecular complexity index is 678. The minimum Gasteiger partial charge on any atom is -1.00 e. The molecule has 0 saturated heterocycles. The fourth-order valence-corrected chi connectivity index (χ4v) is 2.30. The second kappa shape index (κ2) is 9.02. The van der Waals surface area contributed by atoms with Gasteiger partial charge in [-0.3, -0.25) is 4.79 Å². The van der Waals surface area contributed by atoms with Gasteiger partial charge in [-0.25, -0.2) is 0 Å². The van der Waals surface area contributed by atoms with Crippen molar-refractivity contribution in [3.8, 4) is 0 Å². The van der Waals surface area contributed by atoms with Crippen LogP contribution in [0.3, 0.4) is 0 Å². The minimum atomic E-state index is -0.907. The van der Waals surface area contributed by atoms with E-state index in [1.807, 2.05) is 37.3 Å². The van der Waals surface area contributed by atoms with Crippen LogP contribution in [0.25, 0.3) is 0 Å². The third-order valence-electron chi connectivity index (χ3n) is 3.10. The van der Waals surface area contributed by atoms with Crippen molar-refractivity contribution >= 4 is 28.7 Å². The maximum atomic E-state index is 10.8. The number of carboxylic acid groups (broad SMARTS) is 1. The molecule has 0 aliphatic carbocycles. The molecule has 2 aromatic carbocycles. The van der Waals surface area contributed by atoms with Gasteiger partial charge < -0.3 is 17.7 Å². The zero-order valence-electron chi connectivity index (χ0n) is 13.6. The van der Waals surface area contributed by atoms with E-state index in [2.05, 4.69) is 0 Å². The first kappa shape index (κ1) is 20.8. The Labute approximate surface area is 158 Å². The predicted octanol–water partition coefficient (Wildman–Crippen LogP) is -0.738. The summed E-state index contributed by atoms with van der Waals surface area (Å²) in [4.78, 5) is 11.5. The Morgan fingerprint density at radius 3 is 2.36 bits per heavy atom. The van der Waals surface area contributed by atoms with Crippen molar-refractivity contribution in [2.75, 3.05) is 5.73 Å². The average Bonchev–Trinajstić information content (AvgIpc) is 2.41. The van der Waals surface area contributed by atoms with E-state index >= 15 is 0 Å². The number of hydrogen-bond donors (Lipinski definition) is 2. The largest absolute Gasteiger partial charge is 1.00 e. The molecule has 0 radical (unpaired) electrons. The zero-order valence-corrected chi connectivity index (χ0v) is 15.4. The molecule has 22 heavy (non-hydrogen) atoms. The number of thiocarbonyl (C=S) groups is 1. The number of hydrogen-bond acceptors (Lipinski definition) is 3. The van der Waals surface area contributed by atoms with E-state index < -0.39 is 5.97 Å². The SMILES string of the molecule is Cc1ccc(C(=S)c2cccc(CC(=O)O)c2N)cc1.O.[H-].[Na+]. The number of rotatable bonds is 4. The first-order valence-corrected chi connectivity index (χ1v) is 6.60. The van der Waals surface area contributed by atoms with E-state index in [1.165, 1.54) is 0 Å². The summed E-state index contributed by atoms with van der Waals surface area (Å²) < 4.78 is 0. The molecule has 0 spiro atoms. The fourth-order valence-electron chi connectivity index (χ4n) is 1.99. The van der Waals surface area contributed by atoms with Gasteiger partial charge in [0.1, 0.15) is 0 Å². The molecule has 0 unspecified atom stereocenters. The number of benzene rings is 2. The number of carbonyl (C=O) groups is 1. The molecule has 0 heterocycles. The van der Waals surface area contributed by atoms with Gasteiger partial charge in [-0.1, -0.05) is 60.2 Å². The molecule has 0 saturated carbocycles. The maximum Gasteiger partial charge on any atom is 1.00 e. The number of aryl methyl sites for hydroxylation is 1. The summed E-state index contributed by atoms with van der Waals surface area (Å²) in [5, 5.41) is 8.88. The van der Waals surface area contributed by atoms with E-state index in [0.717, 1.165) is 11.1 Å². The van der Waals surface area contributed by atoms with Gasteiger partial charge in [-0.15, -0.1) is 0 Å². The molecule has 6 heteroatoms. The van der Waals surface area contributed by atoms with Crippen molar-refractivity contribution in [1.29, 1.82) is 0 Å². The first-order chi connectivity index (χ1) is 9.49. The Balaban J connectivity index is 0. The van der Waals surface area contributed by atoms with Gasteiger partial charge in [0.25, 0.3) is 0 Å². The molecule has 0 amide bonds. The Hall–Kier alpha value is -1.24. The minimum absolute atomic E-state index is 0. The summed E-state index contributed by atoms with van der Waals surface area (Å²) in [5.74, 6) is -0.907. The summed E-state index contributed by atoms with van der Waals surface area (Å²) in [5.41, 5.74) is 9.86. The number of anilines is 1. The van der Waals surface area contributed by atoms with Gasteiger partial charge >= 0.3 is 35.5 Å². The van der Waals surface area contributed by atoms with Gasteiger partial charge in [0, 0.05) is 11.3 Å². The number of aliphatic carboxylic acids is 1. The molecule has 4 nitrogen and oxygen atoms in total. The number of nitrogens with two attached hydrogens (primary N) is 1. The van der Waals surface area contributed by atoms with Crippen LogP contribution in [0, 0.1) is 6.92 Å².